The summed E-state index contributed by atoms with van der Waals surface area (Å²) in [6.45, 7) is 0.723. The number of carbonyl (C=O) groups is 2. The van der Waals surface area contributed by atoms with Crippen molar-refractivity contribution in [2.75, 3.05) is 24.3 Å². The number of hydrogen-bond acceptors (Lipinski definition) is 4. The molecule has 2 amide bonds. The third-order valence-corrected chi connectivity index (χ3v) is 6.50. The second-order valence-electron chi connectivity index (χ2n) is 7.91. The molecule has 0 saturated carbocycles. The summed E-state index contributed by atoms with van der Waals surface area (Å²) < 4.78 is 19.3. The first-order valence-electron chi connectivity index (χ1n) is 9.87. The molecule has 2 aromatic rings. The molecule has 3 atom stereocenters. The molecule has 0 aromatic heterocycles. The topological polar surface area (TPSA) is 70.7 Å². The zero-order valence-corrected chi connectivity index (χ0v) is 16.1. The molecule has 6 nitrogen and oxygen atoms in total. The van der Waals surface area contributed by atoms with Crippen molar-refractivity contribution in [3.05, 3.63) is 53.8 Å². The number of halogens is 1. The van der Waals surface area contributed by atoms with Crippen LogP contribution in [0.3, 0.4) is 0 Å². The van der Waals surface area contributed by atoms with Gasteiger partial charge in [0, 0.05) is 23.0 Å². The SMILES string of the molecule is COc1ccc(NC(=O)[C@@H]2C[C@H]3CCCN3[C@]23C(=O)Nc2ccc(F)cc23)cc1. The van der Waals surface area contributed by atoms with E-state index >= 15 is 0 Å². The molecule has 7 heteroatoms. The Hall–Kier alpha value is -2.93. The highest BCUT2D eigenvalue weighted by atomic mass is 19.1. The van der Waals surface area contributed by atoms with Gasteiger partial charge < -0.3 is 15.4 Å². The normalized spacial score (nSPS) is 27.6. The summed E-state index contributed by atoms with van der Waals surface area (Å²) in [7, 11) is 1.58. The van der Waals surface area contributed by atoms with Crippen molar-refractivity contribution in [3.63, 3.8) is 0 Å². The number of anilines is 2. The molecular formula is C22H22FN3O3. The molecule has 3 heterocycles. The quantitative estimate of drug-likeness (QED) is 0.838. The van der Waals surface area contributed by atoms with Gasteiger partial charge in [0.2, 0.25) is 11.8 Å². The minimum absolute atomic E-state index is 0.140. The Kier molecular flexibility index (Phi) is 4.10. The van der Waals surface area contributed by atoms with Gasteiger partial charge in [-0.05, 0) is 68.3 Å². The first-order valence-corrected chi connectivity index (χ1v) is 9.87. The summed E-state index contributed by atoms with van der Waals surface area (Å²) in [4.78, 5) is 28.8. The zero-order chi connectivity index (χ0) is 20.2. The second-order valence-corrected chi connectivity index (χ2v) is 7.91. The molecule has 0 radical (unpaired) electrons. The Bertz CT molecular complexity index is 993. The van der Waals surface area contributed by atoms with Gasteiger partial charge >= 0.3 is 0 Å². The number of ether oxygens (including phenoxy) is 1. The summed E-state index contributed by atoms with van der Waals surface area (Å²) in [5, 5.41) is 5.84. The lowest BCUT2D eigenvalue weighted by atomic mass is 9.78. The number of nitrogens with one attached hydrogen (secondary N) is 2. The van der Waals surface area contributed by atoms with E-state index in [0.717, 1.165) is 19.4 Å². The lowest BCUT2D eigenvalue weighted by Gasteiger charge is -2.36. The van der Waals surface area contributed by atoms with Crippen molar-refractivity contribution in [1.82, 2.24) is 4.90 Å². The fourth-order valence-corrected chi connectivity index (χ4v) is 5.30. The lowest BCUT2D eigenvalue weighted by Crippen LogP contribution is -2.53. The van der Waals surface area contributed by atoms with Crippen LogP contribution in [0.15, 0.2) is 42.5 Å². The molecule has 2 N–H and O–H groups in total. The molecule has 3 aliphatic heterocycles. The molecule has 0 unspecified atom stereocenters. The van der Waals surface area contributed by atoms with Gasteiger partial charge in [-0.25, -0.2) is 4.39 Å². The average molecular weight is 395 g/mol. The summed E-state index contributed by atoms with van der Waals surface area (Å²) in [6, 6.07) is 11.5. The standard InChI is InChI=1S/C22H22FN3O3/c1-29-16-7-5-14(6-8-16)24-20(27)18-12-15-3-2-10-26(15)22(18)17-11-13(23)4-9-19(17)25-21(22)28/h4-9,11,15,18H,2-3,10,12H2,1H3,(H,24,27)(H,25,28)/t15-,18+,22+/m1/s1. The van der Waals surface area contributed by atoms with E-state index in [2.05, 4.69) is 15.5 Å². The third kappa shape index (κ3) is 2.57. The summed E-state index contributed by atoms with van der Waals surface area (Å²) in [5.41, 5.74) is 0.638. The van der Waals surface area contributed by atoms with Crippen LogP contribution in [0.25, 0.3) is 0 Å². The minimum Gasteiger partial charge on any atom is -0.497 e. The van der Waals surface area contributed by atoms with Crippen LogP contribution in [0.1, 0.15) is 24.8 Å². The van der Waals surface area contributed by atoms with Gasteiger partial charge in [-0.3, -0.25) is 14.5 Å². The Balaban J connectivity index is 1.55. The Morgan fingerprint density at radius 2 is 2.07 bits per heavy atom. The molecule has 0 bridgehead atoms. The van der Waals surface area contributed by atoms with E-state index in [-0.39, 0.29) is 17.9 Å². The number of carbonyl (C=O) groups excluding carboxylic acids is 2. The van der Waals surface area contributed by atoms with Crippen LogP contribution >= 0.6 is 0 Å². The maximum Gasteiger partial charge on any atom is 0.250 e. The van der Waals surface area contributed by atoms with Crippen LogP contribution in [-0.2, 0) is 15.1 Å². The first kappa shape index (κ1) is 18.1. The molecule has 2 fully saturated rings. The third-order valence-electron chi connectivity index (χ3n) is 6.50. The van der Waals surface area contributed by atoms with Gasteiger partial charge in [0.1, 0.15) is 17.1 Å². The largest absolute Gasteiger partial charge is 0.497 e. The Morgan fingerprint density at radius 1 is 1.28 bits per heavy atom. The molecule has 5 rings (SSSR count). The predicted octanol–water partition coefficient (Wildman–Crippen LogP) is 3.10. The van der Waals surface area contributed by atoms with Crippen LogP contribution in [0.2, 0.25) is 0 Å². The lowest BCUT2D eigenvalue weighted by molar-refractivity contribution is -0.135. The van der Waals surface area contributed by atoms with Crippen LogP contribution in [0.5, 0.6) is 5.75 Å². The van der Waals surface area contributed by atoms with Crippen molar-refractivity contribution in [2.45, 2.75) is 30.8 Å². The van der Waals surface area contributed by atoms with E-state index in [0.29, 0.717) is 29.1 Å². The van der Waals surface area contributed by atoms with Crippen LogP contribution < -0.4 is 15.4 Å². The molecule has 3 aliphatic rings. The van der Waals surface area contributed by atoms with Crippen LogP contribution in [0.4, 0.5) is 15.8 Å². The Labute approximate surface area is 168 Å². The molecule has 2 aromatic carbocycles. The van der Waals surface area contributed by atoms with Gasteiger partial charge in [-0.15, -0.1) is 0 Å². The molecule has 150 valence electrons. The number of nitrogens with zero attached hydrogens (tertiary/aromatic N) is 1. The summed E-state index contributed by atoms with van der Waals surface area (Å²) in [6.07, 6.45) is 2.48. The summed E-state index contributed by atoms with van der Waals surface area (Å²) in [5.74, 6) is -0.774. The van der Waals surface area contributed by atoms with Crippen molar-refractivity contribution in [2.24, 2.45) is 5.92 Å². The van der Waals surface area contributed by atoms with Gasteiger partial charge in [0.05, 0.1) is 13.0 Å². The molecule has 0 aliphatic carbocycles. The van der Waals surface area contributed by atoms with Crippen LogP contribution in [0, 0.1) is 11.7 Å². The number of hydrogen-bond donors (Lipinski definition) is 2. The fourth-order valence-electron chi connectivity index (χ4n) is 5.30. The molecule has 1 spiro atoms. The van der Waals surface area contributed by atoms with E-state index in [9.17, 15) is 14.0 Å². The number of fused-ring (bicyclic) bond motifs is 4. The van der Waals surface area contributed by atoms with Gasteiger partial charge in [0.25, 0.3) is 0 Å². The van der Waals surface area contributed by atoms with Crippen LogP contribution in [-0.4, -0.2) is 36.4 Å². The monoisotopic (exact) mass is 395 g/mol. The highest BCUT2D eigenvalue weighted by Crippen LogP contribution is 2.55. The maximum atomic E-state index is 14.1. The second kappa shape index (κ2) is 6.56. The highest BCUT2D eigenvalue weighted by Gasteiger charge is 2.65. The van der Waals surface area contributed by atoms with E-state index in [1.807, 2.05) is 0 Å². The molecule has 2 saturated heterocycles. The smallest absolute Gasteiger partial charge is 0.250 e. The highest BCUT2D eigenvalue weighted by molar-refractivity contribution is 6.10. The van der Waals surface area contributed by atoms with E-state index in [4.69, 9.17) is 4.74 Å². The van der Waals surface area contributed by atoms with E-state index in [1.54, 1.807) is 37.4 Å². The fraction of sp³-hybridized carbons (Fsp3) is 0.364. The van der Waals surface area contributed by atoms with Crippen molar-refractivity contribution in [3.8, 4) is 5.75 Å². The Morgan fingerprint density at radius 3 is 2.83 bits per heavy atom. The number of amides is 2. The summed E-state index contributed by atoms with van der Waals surface area (Å²) >= 11 is 0. The number of benzene rings is 2. The number of rotatable bonds is 3. The van der Waals surface area contributed by atoms with Crippen molar-refractivity contribution in [1.29, 1.82) is 0 Å². The van der Waals surface area contributed by atoms with Gasteiger partial charge in [0.15, 0.2) is 0 Å². The van der Waals surface area contributed by atoms with E-state index < -0.39 is 17.3 Å². The van der Waals surface area contributed by atoms with Crippen molar-refractivity contribution >= 4 is 23.2 Å². The predicted molar refractivity (Wildman–Crippen MR) is 106 cm³/mol. The molecule has 29 heavy (non-hydrogen) atoms. The molecular weight excluding hydrogens is 373 g/mol. The maximum absolute atomic E-state index is 14.1. The number of methoxy groups -OCH3 is 1. The minimum atomic E-state index is -1.16. The zero-order valence-electron chi connectivity index (χ0n) is 16.1. The van der Waals surface area contributed by atoms with E-state index in [1.165, 1.54) is 12.1 Å². The average Bonchev–Trinajstić information content (AvgIpc) is 3.37. The van der Waals surface area contributed by atoms with Gasteiger partial charge in [-0.1, -0.05) is 0 Å². The van der Waals surface area contributed by atoms with Gasteiger partial charge in [-0.2, -0.15) is 0 Å². The van der Waals surface area contributed by atoms with Crippen molar-refractivity contribution < 1.29 is 18.7 Å². The first-order chi connectivity index (χ1) is 14.0.